The maximum atomic E-state index is 12.2. The molecule has 7 nitrogen and oxygen atoms in total. The Morgan fingerprint density at radius 1 is 1.28 bits per heavy atom. The fourth-order valence-electron chi connectivity index (χ4n) is 1.86. The van der Waals surface area contributed by atoms with Crippen molar-refractivity contribution in [3.63, 3.8) is 0 Å². The molecule has 8 heteroatoms. The van der Waals surface area contributed by atoms with Gasteiger partial charge in [0.2, 0.25) is 0 Å². The summed E-state index contributed by atoms with van der Waals surface area (Å²) in [6.45, 7) is 3.10. The van der Waals surface area contributed by atoms with Crippen LogP contribution >= 0.6 is 7.14 Å². The first-order chi connectivity index (χ1) is 8.22. The molecule has 98 valence electrons. The van der Waals surface area contributed by atoms with Crippen LogP contribution in [0.2, 0.25) is 0 Å². The lowest BCUT2D eigenvalue weighted by Crippen LogP contribution is -2.39. The third-order valence-electron chi connectivity index (χ3n) is 2.68. The van der Waals surface area contributed by atoms with Crippen LogP contribution in [0, 0.1) is 0 Å². The lowest BCUT2D eigenvalue weighted by Gasteiger charge is -2.11. The molecule has 0 bridgehead atoms. The van der Waals surface area contributed by atoms with E-state index in [0.717, 1.165) is 4.57 Å². The minimum atomic E-state index is -2.52. The Morgan fingerprint density at radius 3 is 2.44 bits per heavy atom. The molecule has 0 saturated heterocycles. The van der Waals surface area contributed by atoms with Gasteiger partial charge in [-0.2, -0.15) is 0 Å². The van der Waals surface area contributed by atoms with Crippen LogP contribution in [0.3, 0.4) is 0 Å². The molecule has 2 aromatic rings. The molecule has 0 aromatic carbocycles. The number of aromatic nitrogens is 4. The summed E-state index contributed by atoms with van der Waals surface area (Å²) >= 11 is 0. The van der Waals surface area contributed by atoms with E-state index >= 15 is 0 Å². The van der Waals surface area contributed by atoms with Gasteiger partial charge in [0.25, 0.3) is 5.56 Å². The molecule has 0 aliphatic carbocycles. The van der Waals surface area contributed by atoms with Gasteiger partial charge in [0, 0.05) is 14.1 Å². The third-order valence-corrected chi connectivity index (χ3v) is 3.65. The molecule has 0 aliphatic rings. The molecule has 0 fully saturated rings. The summed E-state index contributed by atoms with van der Waals surface area (Å²) in [5.74, 6) is 0. The van der Waals surface area contributed by atoms with E-state index in [1.807, 2.05) is 0 Å². The molecule has 0 radical (unpaired) electrons. The summed E-state index contributed by atoms with van der Waals surface area (Å²) in [7, 11) is 0.713. The summed E-state index contributed by atoms with van der Waals surface area (Å²) in [5.41, 5.74) is -0.261. The highest BCUT2D eigenvalue weighted by atomic mass is 31.2. The summed E-state index contributed by atoms with van der Waals surface area (Å²) in [5, 5.41) is 0. The zero-order valence-corrected chi connectivity index (χ0v) is 11.6. The fraction of sp³-hybridized carbons (Fsp3) is 0.500. The van der Waals surface area contributed by atoms with Crippen LogP contribution in [-0.2, 0) is 24.9 Å². The zero-order valence-electron chi connectivity index (χ0n) is 10.7. The molecular formula is C10H15N4O3P. The fourth-order valence-corrected chi connectivity index (χ4v) is 2.79. The van der Waals surface area contributed by atoms with Crippen molar-refractivity contribution >= 4 is 18.3 Å². The summed E-state index contributed by atoms with van der Waals surface area (Å²) in [6.07, 6.45) is 1.42. The van der Waals surface area contributed by atoms with Gasteiger partial charge < -0.3 is 9.13 Å². The number of hydrogen-bond acceptors (Lipinski definition) is 4. The SMILES string of the molecule is Cn1cnc2c1c(=O)n(CP(C)(C)=O)c(=O)n2C. The third kappa shape index (κ3) is 1.95. The average Bonchev–Trinajstić information content (AvgIpc) is 2.62. The van der Waals surface area contributed by atoms with Crippen LogP contribution in [0.1, 0.15) is 0 Å². The molecule has 0 amide bonds. The van der Waals surface area contributed by atoms with Gasteiger partial charge in [-0.3, -0.25) is 13.9 Å². The standard InChI is InChI=1S/C10H15N4O3P/c1-12-5-11-8-7(12)9(15)14(6-18(3,4)17)10(16)13(8)2/h5H,6H2,1-4H3. The number of imidazole rings is 1. The lowest BCUT2D eigenvalue weighted by atomic mass is 10.5. The van der Waals surface area contributed by atoms with E-state index in [-0.39, 0.29) is 6.29 Å². The predicted octanol–water partition coefficient (Wildman–Crippen LogP) is 0.0139. The molecular weight excluding hydrogens is 255 g/mol. The maximum absolute atomic E-state index is 12.2. The molecule has 0 unspecified atom stereocenters. The van der Waals surface area contributed by atoms with Crippen molar-refractivity contribution in [1.29, 1.82) is 0 Å². The first-order valence-corrected chi connectivity index (χ1v) is 8.16. The average molecular weight is 270 g/mol. The van der Waals surface area contributed by atoms with Gasteiger partial charge in [-0.05, 0) is 13.3 Å². The highest BCUT2D eigenvalue weighted by Crippen LogP contribution is 2.36. The minimum Gasteiger partial charge on any atom is -0.328 e. The lowest BCUT2D eigenvalue weighted by molar-refractivity contribution is 0.568. The molecule has 2 heterocycles. The Kier molecular flexibility index (Phi) is 2.81. The van der Waals surface area contributed by atoms with E-state index in [9.17, 15) is 14.2 Å². The summed E-state index contributed by atoms with van der Waals surface area (Å²) in [6, 6.07) is 0. The van der Waals surface area contributed by atoms with Crippen LogP contribution in [0.4, 0.5) is 0 Å². The highest BCUT2D eigenvalue weighted by Gasteiger charge is 2.18. The van der Waals surface area contributed by atoms with Gasteiger partial charge in [0.05, 0.1) is 12.6 Å². The molecule has 0 aliphatic heterocycles. The van der Waals surface area contributed by atoms with Crippen molar-refractivity contribution in [2.45, 2.75) is 6.29 Å². The van der Waals surface area contributed by atoms with Crippen LogP contribution in [0.25, 0.3) is 11.2 Å². The van der Waals surface area contributed by atoms with Gasteiger partial charge in [-0.1, -0.05) is 0 Å². The Morgan fingerprint density at radius 2 is 1.89 bits per heavy atom. The molecule has 0 atom stereocenters. The van der Waals surface area contributed by atoms with E-state index < -0.39 is 18.4 Å². The molecule has 2 rings (SSSR count). The van der Waals surface area contributed by atoms with Crippen molar-refractivity contribution in [3.05, 3.63) is 27.2 Å². The first-order valence-electron chi connectivity index (χ1n) is 5.37. The monoisotopic (exact) mass is 270 g/mol. The largest absolute Gasteiger partial charge is 0.332 e. The molecule has 18 heavy (non-hydrogen) atoms. The van der Waals surface area contributed by atoms with Crippen LogP contribution < -0.4 is 11.2 Å². The van der Waals surface area contributed by atoms with Gasteiger partial charge >= 0.3 is 5.69 Å². The van der Waals surface area contributed by atoms with Gasteiger partial charge in [0.15, 0.2) is 11.2 Å². The summed E-state index contributed by atoms with van der Waals surface area (Å²) in [4.78, 5) is 28.3. The minimum absolute atomic E-state index is 0.0559. The van der Waals surface area contributed by atoms with E-state index in [0.29, 0.717) is 11.2 Å². The van der Waals surface area contributed by atoms with Crippen molar-refractivity contribution in [1.82, 2.24) is 18.7 Å². The second-order valence-electron chi connectivity index (χ2n) is 4.82. The smallest absolute Gasteiger partial charge is 0.328 e. The number of nitrogens with zero attached hydrogens (tertiary/aromatic N) is 4. The Bertz CT molecular complexity index is 777. The highest BCUT2D eigenvalue weighted by molar-refractivity contribution is 7.61. The van der Waals surface area contributed by atoms with Gasteiger partial charge in [0.1, 0.15) is 7.14 Å². The predicted molar refractivity (Wildman–Crippen MR) is 69.7 cm³/mol. The van der Waals surface area contributed by atoms with Crippen molar-refractivity contribution in [3.8, 4) is 0 Å². The molecule has 0 spiro atoms. The molecule has 0 N–H and O–H groups in total. The second kappa shape index (κ2) is 3.95. The maximum Gasteiger partial charge on any atom is 0.332 e. The topological polar surface area (TPSA) is 78.9 Å². The number of aryl methyl sites for hydroxylation is 2. The first kappa shape index (κ1) is 12.8. The van der Waals surface area contributed by atoms with E-state index in [1.165, 1.54) is 10.9 Å². The Balaban J connectivity index is 2.91. The van der Waals surface area contributed by atoms with Crippen molar-refractivity contribution in [2.75, 3.05) is 13.3 Å². The van der Waals surface area contributed by atoms with E-state index in [1.54, 1.807) is 32.0 Å². The van der Waals surface area contributed by atoms with Crippen LogP contribution in [0.15, 0.2) is 15.9 Å². The number of fused-ring (bicyclic) bond motifs is 1. The molecule has 0 saturated carbocycles. The number of hydrogen-bond donors (Lipinski definition) is 0. The van der Waals surface area contributed by atoms with Gasteiger partial charge in [-0.15, -0.1) is 0 Å². The quantitative estimate of drug-likeness (QED) is 0.720. The number of rotatable bonds is 2. The zero-order chi connectivity index (χ0) is 13.7. The van der Waals surface area contributed by atoms with Gasteiger partial charge in [-0.25, -0.2) is 9.78 Å². The van der Waals surface area contributed by atoms with Crippen molar-refractivity contribution < 1.29 is 4.57 Å². The second-order valence-corrected chi connectivity index (χ2v) is 8.25. The van der Waals surface area contributed by atoms with E-state index in [2.05, 4.69) is 4.98 Å². The van der Waals surface area contributed by atoms with Crippen LogP contribution in [-0.4, -0.2) is 32.0 Å². The van der Waals surface area contributed by atoms with E-state index in [4.69, 9.17) is 0 Å². The molecule has 2 aromatic heterocycles. The Hall–Kier alpha value is -1.62. The van der Waals surface area contributed by atoms with Crippen molar-refractivity contribution in [2.24, 2.45) is 14.1 Å². The Labute approximate surface area is 103 Å². The summed E-state index contributed by atoms with van der Waals surface area (Å²) < 4.78 is 15.7. The normalized spacial score (nSPS) is 12.2. The van der Waals surface area contributed by atoms with Crippen LogP contribution in [0.5, 0.6) is 0 Å².